The molecule has 3 aromatic rings. The van der Waals surface area contributed by atoms with Crippen LogP contribution in [0.25, 0.3) is 10.9 Å². The zero-order valence-electron chi connectivity index (χ0n) is 16.3. The molecule has 8 heteroatoms. The summed E-state index contributed by atoms with van der Waals surface area (Å²) in [7, 11) is 1.62. The Balaban J connectivity index is 1.96. The van der Waals surface area contributed by atoms with Gasteiger partial charge < -0.3 is 20.1 Å². The highest BCUT2D eigenvalue weighted by Gasteiger charge is 2.32. The SMILES string of the molecule is COc1ccc2[nH]c3c(c2c1)CCN[C@H]3c1c(O)n(C(C)(C)C)c(=O)[nH]c1=O. The molecule has 8 nitrogen and oxygen atoms in total. The average molecular weight is 384 g/mol. The summed E-state index contributed by atoms with van der Waals surface area (Å²) in [4.78, 5) is 30.7. The second kappa shape index (κ2) is 6.27. The minimum Gasteiger partial charge on any atom is -0.497 e. The second-order valence-electron chi connectivity index (χ2n) is 8.07. The number of hydrogen-bond acceptors (Lipinski definition) is 5. The van der Waals surface area contributed by atoms with Crippen LogP contribution in [0.1, 0.15) is 43.6 Å². The third-order valence-corrected chi connectivity index (χ3v) is 5.24. The third-order valence-electron chi connectivity index (χ3n) is 5.24. The molecule has 0 spiro atoms. The fourth-order valence-corrected chi connectivity index (χ4v) is 4.00. The highest BCUT2D eigenvalue weighted by atomic mass is 16.5. The number of methoxy groups -OCH3 is 1. The lowest BCUT2D eigenvalue weighted by Crippen LogP contribution is -2.43. The normalized spacial score (nSPS) is 16.9. The molecule has 1 aromatic carbocycles. The molecule has 4 rings (SSSR count). The van der Waals surface area contributed by atoms with Crippen LogP contribution in [0, 0.1) is 0 Å². The molecule has 0 saturated carbocycles. The van der Waals surface area contributed by atoms with Crippen LogP contribution < -0.4 is 21.3 Å². The first-order valence-electron chi connectivity index (χ1n) is 9.23. The van der Waals surface area contributed by atoms with E-state index in [9.17, 15) is 14.7 Å². The Bertz CT molecular complexity index is 1180. The van der Waals surface area contributed by atoms with Crippen LogP contribution in [0.5, 0.6) is 11.6 Å². The Kier molecular flexibility index (Phi) is 4.11. The quantitative estimate of drug-likeness (QED) is 0.538. The summed E-state index contributed by atoms with van der Waals surface area (Å²) in [6.07, 6.45) is 0.774. The second-order valence-corrected chi connectivity index (χ2v) is 8.07. The van der Waals surface area contributed by atoms with Crippen molar-refractivity contribution in [1.82, 2.24) is 19.9 Å². The molecule has 28 heavy (non-hydrogen) atoms. The van der Waals surface area contributed by atoms with E-state index < -0.39 is 22.8 Å². The molecule has 1 aliphatic heterocycles. The van der Waals surface area contributed by atoms with Gasteiger partial charge in [0.05, 0.1) is 13.2 Å². The molecule has 0 aliphatic carbocycles. The standard InChI is InChI=1S/C20H24N4O4/c1-20(2,3)24-18(26)14(17(25)23-19(24)27)16-15-11(7-8-21-16)12-9-10(28-4)5-6-13(12)22-15/h5-6,9,16,21-22,26H,7-8H2,1-4H3,(H,23,25,27)/t16-/m0/s1. The minimum atomic E-state index is -0.689. The largest absolute Gasteiger partial charge is 0.497 e. The fourth-order valence-electron chi connectivity index (χ4n) is 4.00. The van der Waals surface area contributed by atoms with Crippen molar-refractivity contribution in [2.75, 3.05) is 13.7 Å². The summed E-state index contributed by atoms with van der Waals surface area (Å²) in [5.41, 5.74) is 1.04. The first-order chi connectivity index (χ1) is 13.2. The summed E-state index contributed by atoms with van der Waals surface area (Å²) in [5.74, 6) is 0.439. The lowest BCUT2D eigenvalue weighted by atomic mass is 9.95. The van der Waals surface area contributed by atoms with Gasteiger partial charge in [0.2, 0.25) is 5.88 Å². The molecular formula is C20H24N4O4. The topological polar surface area (TPSA) is 112 Å². The number of benzene rings is 1. The van der Waals surface area contributed by atoms with Crippen molar-refractivity contribution in [1.29, 1.82) is 0 Å². The number of aromatic nitrogens is 3. The number of ether oxygens (including phenoxy) is 1. The Morgan fingerprint density at radius 2 is 1.96 bits per heavy atom. The van der Waals surface area contributed by atoms with Gasteiger partial charge in [-0.25, -0.2) is 4.79 Å². The van der Waals surface area contributed by atoms with Gasteiger partial charge in [0.1, 0.15) is 11.3 Å². The molecule has 0 radical (unpaired) electrons. The van der Waals surface area contributed by atoms with E-state index in [1.807, 2.05) is 18.2 Å². The van der Waals surface area contributed by atoms with Gasteiger partial charge in [-0.05, 0) is 51.0 Å². The predicted molar refractivity (Wildman–Crippen MR) is 106 cm³/mol. The van der Waals surface area contributed by atoms with Crippen molar-refractivity contribution in [3.05, 3.63) is 55.9 Å². The molecule has 0 unspecified atom stereocenters. The van der Waals surface area contributed by atoms with Crippen LogP contribution in [0.3, 0.4) is 0 Å². The van der Waals surface area contributed by atoms with Crippen molar-refractivity contribution in [2.45, 2.75) is 38.8 Å². The molecule has 0 fully saturated rings. The van der Waals surface area contributed by atoms with Crippen LogP contribution in [0.4, 0.5) is 0 Å². The Hall–Kier alpha value is -3.00. The van der Waals surface area contributed by atoms with Gasteiger partial charge in [-0.2, -0.15) is 0 Å². The van der Waals surface area contributed by atoms with Crippen molar-refractivity contribution in [3.63, 3.8) is 0 Å². The number of fused-ring (bicyclic) bond motifs is 3. The highest BCUT2D eigenvalue weighted by molar-refractivity contribution is 5.86. The van der Waals surface area contributed by atoms with E-state index in [1.54, 1.807) is 27.9 Å². The third kappa shape index (κ3) is 2.72. The van der Waals surface area contributed by atoms with Crippen LogP contribution >= 0.6 is 0 Å². The molecule has 4 N–H and O–H groups in total. The predicted octanol–water partition coefficient (Wildman–Crippen LogP) is 1.72. The first-order valence-corrected chi connectivity index (χ1v) is 9.23. The van der Waals surface area contributed by atoms with E-state index >= 15 is 0 Å². The molecule has 2 aromatic heterocycles. The number of rotatable bonds is 2. The van der Waals surface area contributed by atoms with Gasteiger partial charge in [0.25, 0.3) is 5.56 Å². The monoisotopic (exact) mass is 384 g/mol. The van der Waals surface area contributed by atoms with Crippen molar-refractivity contribution in [2.24, 2.45) is 0 Å². The van der Waals surface area contributed by atoms with Crippen molar-refractivity contribution < 1.29 is 9.84 Å². The molecular weight excluding hydrogens is 360 g/mol. The van der Waals surface area contributed by atoms with Crippen LogP contribution in [-0.2, 0) is 12.0 Å². The van der Waals surface area contributed by atoms with Gasteiger partial charge in [-0.15, -0.1) is 0 Å². The van der Waals surface area contributed by atoms with Gasteiger partial charge in [0, 0.05) is 28.7 Å². The van der Waals surface area contributed by atoms with E-state index in [2.05, 4.69) is 15.3 Å². The highest BCUT2D eigenvalue weighted by Crippen LogP contribution is 2.36. The van der Waals surface area contributed by atoms with E-state index in [0.717, 1.165) is 34.3 Å². The maximum absolute atomic E-state index is 12.7. The summed E-state index contributed by atoms with van der Waals surface area (Å²) in [5, 5.41) is 15.2. The molecule has 1 atom stereocenters. The Morgan fingerprint density at radius 3 is 2.64 bits per heavy atom. The number of aromatic hydroxyl groups is 1. The molecule has 3 heterocycles. The van der Waals surface area contributed by atoms with Crippen LogP contribution in [-0.4, -0.2) is 33.3 Å². The van der Waals surface area contributed by atoms with Gasteiger partial charge in [0.15, 0.2) is 0 Å². The molecule has 1 aliphatic rings. The zero-order valence-corrected chi connectivity index (χ0v) is 16.3. The van der Waals surface area contributed by atoms with Crippen molar-refractivity contribution >= 4 is 10.9 Å². The lowest BCUT2D eigenvalue weighted by molar-refractivity contribution is 0.298. The smallest absolute Gasteiger partial charge is 0.331 e. The number of aromatic amines is 2. The Morgan fingerprint density at radius 1 is 1.21 bits per heavy atom. The van der Waals surface area contributed by atoms with Gasteiger partial charge in [-0.1, -0.05) is 0 Å². The first kappa shape index (κ1) is 18.4. The van der Waals surface area contributed by atoms with Crippen LogP contribution in [0.15, 0.2) is 27.8 Å². The summed E-state index contributed by atoms with van der Waals surface area (Å²) < 4.78 is 6.55. The van der Waals surface area contributed by atoms with E-state index in [-0.39, 0.29) is 11.4 Å². The summed E-state index contributed by atoms with van der Waals surface area (Å²) in [6, 6.07) is 5.22. The molecule has 0 bridgehead atoms. The molecule has 0 saturated heterocycles. The maximum atomic E-state index is 12.7. The number of nitrogens with zero attached hydrogens (tertiary/aromatic N) is 1. The minimum absolute atomic E-state index is 0.133. The lowest BCUT2D eigenvalue weighted by Gasteiger charge is -2.28. The van der Waals surface area contributed by atoms with E-state index in [4.69, 9.17) is 4.74 Å². The number of nitrogens with one attached hydrogen (secondary N) is 3. The fraction of sp³-hybridized carbons (Fsp3) is 0.400. The molecule has 0 amide bonds. The van der Waals surface area contributed by atoms with Gasteiger partial charge >= 0.3 is 5.69 Å². The number of H-pyrrole nitrogens is 2. The summed E-state index contributed by atoms with van der Waals surface area (Å²) >= 11 is 0. The average Bonchev–Trinajstić information content (AvgIpc) is 2.98. The zero-order chi connectivity index (χ0) is 20.2. The molecule has 148 valence electrons. The summed E-state index contributed by atoms with van der Waals surface area (Å²) in [6.45, 7) is 6.02. The van der Waals surface area contributed by atoms with E-state index in [0.29, 0.717) is 6.54 Å². The van der Waals surface area contributed by atoms with Crippen LogP contribution in [0.2, 0.25) is 0 Å². The Labute approximate surface area is 161 Å². The van der Waals surface area contributed by atoms with Gasteiger partial charge in [-0.3, -0.25) is 14.3 Å². The van der Waals surface area contributed by atoms with E-state index in [1.165, 1.54) is 4.57 Å². The number of hydrogen-bond donors (Lipinski definition) is 4. The maximum Gasteiger partial charge on any atom is 0.331 e. The van der Waals surface area contributed by atoms with Crippen molar-refractivity contribution in [3.8, 4) is 11.6 Å².